The summed E-state index contributed by atoms with van der Waals surface area (Å²) >= 11 is 0. The van der Waals surface area contributed by atoms with Gasteiger partial charge in [-0.05, 0) is 31.5 Å². The van der Waals surface area contributed by atoms with E-state index in [2.05, 4.69) is 20.0 Å². The van der Waals surface area contributed by atoms with Crippen LogP contribution in [0.2, 0.25) is 0 Å². The molecule has 1 atom stereocenters. The number of methoxy groups -OCH3 is 1. The first-order chi connectivity index (χ1) is 14.9. The van der Waals surface area contributed by atoms with E-state index < -0.39 is 16.1 Å². The summed E-state index contributed by atoms with van der Waals surface area (Å²) in [5.74, 6) is 0.601. The average Bonchev–Trinajstić information content (AvgIpc) is 3.21. The number of aromatic nitrogens is 4. The van der Waals surface area contributed by atoms with Crippen LogP contribution < -0.4 is 9.46 Å². The molecular formula is C21H23N5O4S. The highest BCUT2D eigenvalue weighted by Gasteiger charge is 2.24. The number of hydrogen-bond acceptors (Lipinski definition) is 7. The van der Waals surface area contributed by atoms with E-state index in [9.17, 15) is 13.5 Å². The minimum absolute atomic E-state index is 0.0475. The van der Waals surface area contributed by atoms with Crippen molar-refractivity contribution in [2.45, 2.75) is 31.2 Å². The van der Waals surface area contributed by atoms with Crippen LogP contribution in [0.1, 0.15) is 19.0 Å². The van der Waals surface area contributed by atoms with Gasteiger partial charge in [0.15, 0.2) is 11.5 Å². The van der Waals surface area contributed by atoms with Gasteiger partial charge in [0.1, 0.15) is 10.6 Å². The molecule has 0 aliphatic rings. The molecular weight excluding hydrogens is 418 g/mol. The van der Waals surface area contributed by atoms with Crippen LogP contribution in [0.15, 0.2) is 47.4 Å². The third kappa shape index (κ3) is 3.73. The summed E-state index contributed by atoms with van der Waals surface area (Å²) in [5, 5.41) is 24.5. The van der Waals surface area contributed by atoms with Crippen LogP contribution >= 0.6 is 0 Å². The van der Waals surface area contributed by atoms with Gasteiger partial charge in [0.2, 0.25) is 10.0 Å². The van der Waals surface area contributed by atoms with Crippen LogP contribution in [0.5, 0.6) is 5.75 Å². The van der Waals surface area contributed by atoms with Crippen molar-refractivity contribution >= 4 is 26.4 Å². The molecule has 1 unspecified atom stereocenters. The lowest BCUT2D eigenvalue weighted by atomic mass is 10.1. The molecule has 4 aromatic rings. The zero-order chi connectivity index (χ0) is 22.2. The molecule has 10 heteroatoms. The van der Waals surface area contributed by atoms with Crippen LogP contribution in [0.3, 0.4) is 0 Å². The molecule has 0 aliphatic heterocycles. The van der Waals surface area contributed by atoms with Gasteiger partial charge in [0.05, 0.1) is 19.4 Å². The highest BCUT2D eigenvalue weighted by molar-refractivity contribution is 7.89. The lowest BCUT2D eigenvalue weighted by molar-refractivity contribution is 0.253. The summed E-state index contributed by atoms with van der Waals surface area (Å²) in [6.45, 7) is 3.39. The summed E-state index contributed by atoms with van der Waals surface area (Å²) in [7, 11) is -2.55. The second-order valence-corrected chi connectivity index (χ2v) is 8.85. The summed E-state index contributed by atoms with van der Waals surface area (Å²) in [4.78, 5) is -0.0475. The Labute approximate surface area is 179 Å². The Balaban J connectivity index is 1.88. The van der Waals surface area contributed by atoms with E-state index >= 15 is 0 Å². The van der Waals surface area contributed by atoms with Crippen molar-refractivity contribution in [1.82, 2.24) is 24.5 Å². The number of aryl methyl sites for hydroxylation is 1. The molecule has 2 heterocycles. The molecule has 0 radical (unpaired) electrons. The number of rotatable bonds is 7. The summed E-state index contributed by atoms with van der Waals surface area (Å²) < 4.78 is 35.4. The van der Waals surface area contributed by atoms with Gasteiger partial charge in [-0.3, -0.25) is 0 Å². The predicted molar refractivity (Wildman–Crippen MR) is 116 cm³/mol. The van der Waals surface area contributed by atoms with Gasteiger partial charge in [-0.2, -0.15) is 9.61 Å². The SMILES string of the molecule is CCC(CO)NS(=O)(=O)c1cc(-c2nnc3c4ccccc4c(C)nn23)ccc1OC. The first kappa shape index (κ1) is 21.2. The van der Waals surface area contributed by atoms with Crippen LogP contribution in [0.25, 0.3) is 27.8 Å². The van der Waals surface area contributed by atoms with E-state index in [4.69, 9.17) is 4.74 Å². The highest BCUT2D eigenvalue weighted by atomic mass is 32.2. The van der Waals surface area contributed by atoms with E-state index in [0.717, 1.165) is 16.5 Å². The smallest absolute Gasteiger partial charge is 0.244 e. The van der Waals surface area contributed by atoms with Gasteiger partial charge in [0.25, 0.3) is 0 Å². The molecule has 0 saturated carbocycles. The Bertz CT molecular complexity index is 1360. The number of aliphatic hydroxyl groups excluding tert-OH is 1. The molecule has 9 nitrogen and oxygen atoms in total. The van der Waals surface area contributed by atoms with Crippen LogP contribution in [-0.2, 0) is 10.0 Å². The maximum atomic E-state index is 13.0. The number of nitrogens with one attached hydrogen (secondary N) is 1. The summed E-state index contributed by atoms with van der Waals surface area (Å²) in [6.07, 6.45) is 0.447. The standard InChI is InChI=1S/C21H23N5O4S/c1-4-15(12-27)25-31(28,29)19-11-14(9-10-18(19)30-3)20-22-23-21-17-8-6-5-7-16(17)13(2)24-26(20)21/h5-11,15,25,27H,4,12H2,1-3H3. The molecule has 2 aromatic carbocycles. The Morgan fingerprint density at radius 3 is 2.58 bits per heavy atom. The summed E-state index contributed by atoms with van der Waals surface area (Å²) in [5.41, 5.74) is 1.91. The fraction of sp³-hybridized carbons (Fsp3) is 0.286. The first-order valence-corrected chi connectivity index (χ1v) is 11.3. The lowest BCUT2D eigenvalue weighted by Gasteiger charge is -2.16. The quantitative estimate of drug-likeness (QED) is 0.452. The maximum absolute atomic E-state index is 13.0. The topological polar surface area (TPSA) is 119 Å². The van der Waals surface area contributed by atoms with Gasteiger partial charge in [0, 0.05) is 22.4 Å². The number of nitrogens with zero attached hydrogens (tertiary/aromatic N) is 4. The Morgan fingerprint density at radius 2 is 1.90 bits per heavy atom. The Hall–Kier alpha value is -3.08. The molecule has 2 aromatic heterocycles. The van der Waals surface area contributed by atoms with Crippen molar-refractivity contribution in [3.8, 4) is 17.1 Å². The molecule has 0 bridgehead atoms. The predicted octanol–water partition coefficient (Wildman–Crippen LogP) is 2.31. The second-order valence-electron chi connectivity index (χ2n) is 7.16. The third-order valence-corrected chi connectivity index (χ3v) is 6.74. The van der Waals surface area contributed by atoms with E-state index in [-0.39, 0.29) is 17.3 Å². The Kier molecular flexibility index (Phi) is 5.61. The summed E-state index contributed by atoms with van der Waals surface area (Å²) in [6, 6.07) is 11.9. The zero-order valence-electron chi connectivity index (χ0n) is 17.4. The van der Waals surface area contributed by atoms with Crippen LogP contribution in [-0.4, -0.2) is 53.1 Å². The van der Waals surface area contributed by atoms with Crippen LogP contribution in [0.4, 0.5) is 0 Å². The molecule has 2 N–H and O–H groups in total. The molecule has 31 heavy (non-hydrogen) atoms. The normalized spacial score (nSPS) is 13.0. The van der Waals surface area contributed by atoms with E-state index in [1.54, 1.807) is 23.6 Å². The molecule has 4 rings (SSSR count). The maximum Gasteiger partial charge on any atom is 0.244 e. The van der Waals surface area contributed by atoms with E-state index in [1.807, 2.05) is 31.2 Å². The first-order valence-electron chi connectivity index (χ1n) is 9.82. The fourth-order valence-electron chi connectivity index (χ4n) is 3.48. The van der Waals surface area contributed by atoms with Gasteiger partial charge in [-0.15, -0.1) is 10.2 Å². The van der Waals surface area contributed by atoms with E-state index in [0.29, 0.717) is 23.5 Å². The molecule has 162 valence electrons. The minimum Gasteiger partial charge on any atom is -0.495 e. The van der Waals surface area contributed by atoms with Crippen molar-refractivity contribution in [1.29, 1.82) is 0 Å². The van der Waals surface area contributed by atoms with Crippen LogP contribution in [0, 0.1) is 6.92 Å². The number of ether oxygens (including phenoxy) is 1. The van der Waals surface area contributed by atoms with Crippen molar-refractivity contribution in [3.63, 3.8) is 0 Å². The van der Waals surface area contributed by atoms with Gasteiger partial charge < -0.3 is 9.84 Å². The number of aliphatic hydroxyl groups is 1. The highest BCUT2D eigenvalue weighted by Crippen LogP contribution is 2.30. The third-order valence-electron chi connectivity index (χ3n) is 5.19. The second kappa shape index (κ2) is 8.22. The number of fused-ring (bicyclic) bond motifs is 3. The number of sulfonamides is 1. The van der Waals surface area contributed by atoms with Crippen molar-refractivity contribution in [2.24, 2.45) is 0 Å². The zero-order valence-corrected chi connectivity index (χ0v) is 18.2. The largest absolute Gasteiger partial charge is 0.495 e. The van der Waals surface area contributed by atoms with Crippen molar-refractivity contribution in [2.75, 3.05) is 13.7 Å². The molecule has 0 saturated heterocycles. The fourth-order valence-corrected chi connectivity index (χ4v) is 4.98. The number of hydrogen-bond donors (Lipinski definition) is 2. The van der Waals surface area contributed by atoms with Crippen molar-refractivity contribution < 1.29 is 18.3 Å². The average molecular weight is 442 g/mol. The molecule has 0 fully saturated rings. The van der Waals surface area contributed by atoms with E-state index in [1.165, 1.54) is 13.2 Å². The molecule has 0 aliphatic carbocycles. The van der Waals surface area contributed by atoms with Crippen molar-refractivity contribution in [3.05, 3.63) is 48.2 Å². The van der Waals surface area contributed by atoms with Gasteiger partial charge in [-0.1, -0.05) is 31.2 Å². The number of benzene rings is 2. The minimum atomic E-state index is -3.95. The van der Waals surface area contributed by atoms with Gasteiger partial charge in [-0.25, -0.2) is 13.1 Å². The lowest BCUT2D eigenvalue weighted by Crippen LogP contribution is -2.37. The van der Waals surface area contributed by atoms with Gasteiger partial charge >= 0.3 is 0 Å². The molecule has 0 amide bonds. The molecule has 0 spiro atoms. The Morgan fingerprint density at radius 1 is 1.16 bits per heavy atom. The monoisotopic (exact) mass is 441 g/mol.